The van der Waals surface area contributed by atoms with Gasteiger partial charge in [-0.05, 0) is 48.5 Å². The summed E-state index contributed by atoms with van der Waals surface area (Å²) in [6.45, 7) is 0.297. The number of carbonyl (C=O) groups is 2. The van der Waals surface area contributed by atoms with Crippen LogP contribution in [0.2, 0.25) is 0 Å². The number of nitrogens with zero attached hydrogens (tertiary/aromatic N) is 3. The molecule has 0 aliphatic carbocycles. The molecular formula is C21H20N4O6S. The molecule has 1 atom stereocenters. The predicted octanol–water partition coefficient (Wildman–Crippen LogP) is 2.25. The molecule has 166 valence electrons. The zero-order chi connectivity index (χ0) is 22.9. The van der Waals surface area contributed by atoms with Gasteiger partial charge in [-0.1, -0.05) is 5.10 Å². The fraction of sp³-hybridized carbons (Fsp3) is 0.238. The van der Waals surface area contributed by atoms with E-state index in [1.165, 1.54) is 24.1 Å². The molecule has 1 saturated heterocycles. The van der Waals surface area contributed by atoms with Gasteiger partial charge in [-0.2, -0.15) is 0 Å². The summed E-state index contributed by atoms with van der Waals surface area (Å²) in [6, 6.07) is 12.6. The average molecular weight is 456 g/mol. The summed E-state index contributed by atoms with van der Waals surface area (Å²) in [5.41, 5.74) is 0.975. The van der Waals surface area contributed by atoms with Crippen molar-refractivity contribution in [2.24, 2.45) is 0 Å². The van der Waals surface area contributed by atoms with Gasteiger partial charge >= 0.3 is 6.01 Å². The summed E-state index contributed by atoms with van der Waals surface area (Å²) in [6.07, 6.45) is 1.28. The Kier molecular flexibility index (Phi) is 5.66. The molecule has 0 bridgehead atoms. The zero-order valence-electron chi connectivity index (χ0n) is 17.3. The van der Waals surface area contributed by atoms with Crippen LogP contribution in [0, 0.1) is 0 Å². The van der Waals surface area contributed by atoms with E-state index in [4.69, 9.17) is 9.15 Å². The molecule has 2 aromatic carbocycles. The molecule has 2 amide bonds. The van der Waals surface area contributed by atoms with Crippen molar-refractivity contribution < 1.29 is 27.2 Å². The van der Waals surface area contributed by atoms with E-state index in [-0.39, 0.29) is 35.0 Å². The third kappa shape index (κ3) is 4.47. The maximum Gasteiger partial charge on any atom is 0.322 e. The maximum atomic E-state index is 12.5. The van der Waals surface area contributed by atoms with Gasteiger partial charge in [0.2, 0.25) is 11.8 Å². The summed E-state index contributed by atoms with van der Waals surface area (Å²) < 4.78 is 33.9. The summed E-state index contributed by atoms with van der Waals surface area (Å²) in [5, 5.41) is 10.4. The van der Waals surface area contributed by atoms with E-state index in [9.17, 15) is 18.0 Å². The molecule has 1 N–H and O–H groups in total. The van der Waals surface area contributed by atoms with Gasteiger partial charge in [0.1, 0.15) is 5.75 Å². The molecule has 0 radical (unpaired) electrons. The third-order valence-electron chi connectivity index (χ3n) is 5.06. The van der Waals surface area contributed by atoms with Gasteiger partial charge in [0, 0.05) is 30.5 Å². The van der Waals surface area contributed by atoms with Crippen molar-refractivity contribution in [1.82, 2.24) is 10.2 Å². The van der Waals surface area contributed by atoms with E-state index in [0.717, 1.165) is 6.26 Å². The van der Waals surface area contributed by atoms with E-state index < -0.39 is 15.7 Å². The molecule has 0 spiro atoms. The first kappa shape index (κ1) is 21.5. The first-order chi connectivity index (χ1) is 15.2. The van der Waals surface area contributed by atoms with Gasteiger partial charge in [0.05, 0.1) is 17.9 Å². The molecule has 1 fully saturated rings. The minimum atomic E-state index is -3.32. The highest BCUT2D eigenvalue weighted by molar-refractivity contribution is 7.90. The Morgan fingerprint density at radius 1 is 1.12 bits per heavy atom. The second kappa shape index (κ2) is 8.42. The Hall–Kier alpha value is -3.73. The van der Waals surface area contributed by atoms with Crippen LogP contribution in [0.1, 0.15) is 28.6 Å². The molecule has 1 aromatic heterocycles. The number of rotatable bonds is 6. The number of carbonyl (C=O) groups excluding carboxylic acids is 2. The first-order valence-electron chi connectivity index (χ1n) is 9.64. The van der Waals surface area contributed by atoms with Crippen molar-refractivity contribution in [3.05, 3.63) is 60.0 Å². The topological polar surface area (TPSA) is 132 Å². The molecular weight excluding hydrogens is 436 g/mol. The van der Waals surface area contributed by atoms with Gasteiger partial charge in [0.25, 0.3) is 5.91 Å². The summed E-state index contributed by atoms with van der Waals surface area (Å²) >= 11 is 0. The van der Waals surface area contributed by atoms with E-state index >= 15 is 0 Å². The lowest BCUT2D eigenvalue weighted by molar-refractivity contribution is -0.117. The van der Waals surface area contributed by atoms with Crippen LogP contribution in [0.3, 0.4) is 0 Å². The van der Waals surface area contributed by atoms with Crippen LogP contribution in [0.25, 0.3) is 0 Å². The summed E-state index contributed by atoms with van der Waals surface area (Å²) in [5.74, 6) is -0.0556. The SMILES string of the molecule is COc1ccc(C(=O)Nc2nnc([C@@H]3CC(=O)N(c4ccc(S(C)(=O)=O)cc4)C3)o2)cc1. The van der Waals surface area contributed by atoms with Gasteiger partial charge < -0.3 is 14.1 Å². The Morgan fingerprint density at radius 2 is 1.81 bits per heavy atom. The number of ether oxygens (including phenoxy) is 1. The lowest BCUT2D eigenvalue weighted by Gasteiger charge is -2.16. The number of hydrogen-bond acceptors (Lipinski definition) is 8. The minimum Gasteiger partial charge on any atom is -0.497 e. The second-order valence-corrected chi connectivity index (χ2v) is 9.32. The highest BCUT2D eigenvalue weighted by Crippen LogP contribution is 2.32. The Balaban J connectivity index is 1.43. The first-order valence-corrected chi connectivity index (χ1v) is 11.5. The van der Waals surface area contributed by atoms with Crippen LogP contribution in [-0.2, 0) is 14.6 Å². The molecule has 0 saturated carbocycles. The average Bonchev–Trinajstić information content (AvgIpc) is 3.39. The highest BCUT2D eigenvalue weighted by Gasteiger charge is 2.35. The van der Waals surface area contributed by atoms with E-state index in [0.29, 0.717) is 23.5 Å². The predicted molar refractivity (Wildman–Crippen MR) is 115 cm³/mol. The molecule has 1 aliphatic rings. The summed E-state index contributed by atoms with van der Waals surface area (Å²) in [4.78, 5) is 26.6. The van der Waals surface area contributed by atoms with Crippen molar-refractivity contribution in [3.63, 3.8) is 0 Å². The number of benzene rings is 2. The van der Waals surface area contributed by atoms with Crippen molar-refractivity contribution in [1.29, 1.82) is 0 Å². The number of anilines is 2. The number of sulfone groups is 1. The molecule has 4 rings (SSSR count). The largest absolute Gasteiger partial charge is 0.497 e. The fourth-order valence-electron chi connectivity index (χ4n) is 3.36. The van der Waals surface area contributed by atoms with Crippen LogP contribution in [-0.4, -0.2) is 50.3 Å². The molecule has 11 heteroatoms. The number of nitrogens with one attached hydrogen (secondary N) is 1. The van der Waals surface area contributed by atoms with E-state index in [1.807, 2.05) is 0 Å². The second-order valence-electron chi connectivity index (χ2n) is 7.30. The molecule has 3 aromatic rings. The lowest BCUT2D eigenvalue weighted by Crippen LogP contribution is -2.24. The van der Waals surface area contributed by atoms with E-state index in [1.54, 1.807) is 36.4 Å². The normalized spacial score (nSPS) is 16.2. The quantitative estimate of drug-likeness (QED) is 0.597. The van der Waals surface area contributed by atoms with Crippen molar-refractivity contribution in [3.8, 4) is 5.75 Å². The maximum absolute atomic E-state index is 12.5. The third-order valence-corrected chi connectivity index (χ3v) is 6.19. The Bertz CT molecular complexity index is 1250. The lowest BCUT2D eigenvalue weighted by atomic mass is 10.1. The highest BCUT2D eigenvalue weighted by atomic mass is 32.2. The number of hydrogen-bond donors (Lipinski definition) is 1. The monoisotopic (exact) mass is 456 g/mol. The molecule has 32 heavy (non-hydrogen) atoms. The van der Waals surface area contributed by atoms with Crippen LogP contribution in [0.5, 0.6) is 5.75 Å². The van der Waals surface area contributed by atoms with Crippen LogP contribution < -0.4 is 15.0 Å². The molecule has 1 aliphatic heterocycles. The zero-order valence-corrected chi connectivity index (χ0v) is 18.1. The van der Waals surface area contributed by atoms with Crippen LogP contribution in [0.4, 0.5) is 11.7 Å². The Morgan fingerprint density at radius 3 is 2.44 bits per heavy atom. The number of amides is 2. The van der Waals surface area contributed by atoms with Gasteiger partial charge in [0.15, 0.2) is 9.84 Å². The van der Waals surface area contributed by atoms with Gasteiger partial charge in [-0.3, -0.25) is 14.9 Å². The molecule has 2 heterocycles. The van der Waals surface area contributed by atoms with Crippen molar-refractivity contribution >= 4 is 33.4 Å². The molecule has 0 unspecified atom stereocenters. The van der Waals surface area contributed by atoms with Crippen molar-refractivity contribution in [2.75, 3.05) is 30.1 Å². The number of aromatic nitrogens is 2. The Labute approximate surface area is 184 Å². The van der Waals surface area contributed by atoms with E-state index in [2.05, 4.69) is 15.5 Å². The summed E-state index contributed by atoms with van der Waals surface area (Å²) in [7, 11) is -1.78. The molecule has 10 nitrogen and oxygen atoms in total. The van der Waals surface area contributed by atoms with Crippen LogP contribution in [0.15, 0.2) is 57.8 Å². The van der Waals surface area contributed by atoms with Crippen molar-refractivity contribution in [2.45, 2.75) is 17.2 Å². The smallest absolute Gasteiger partial charge is 0.322 e. The van der Waals surface area contributed by atoms with Gasteiger partial charge in [-0.25, -0.2) is 8.42 Å². The van der Waals surface area contributed by atoms with Crippen LogP contribution >= 0.6 is 0 Å². The standard InChI is InChI=1S/C21H20N4O6S/c1-30-16-7-3-13(4-8-16)19(27)22-21-24-23-20(31-21)14-11-18(26)25(12-14)15-5-9-17(10-6-15)32(2,28)29/h3-10,14H,11-12H2,1-2H3,(H,22,24,27)/t14-/m1/s1. The van der Waals surface area contributed by atoms with Gasteiger partial charge in [-0.15, -0.1) is 5.10 Å². The fourth-order valence-corrected chi connectivity index (χ4v) is 3.99. The number of methoxy groups -OCH3 is 1. The minimum absolute atomic E-state index is 0.0655.